The summed E-state index contributed by atoms with van der Waals surface area (Å²) in [6, 6.07) is 15.8. The molecule has 3 rings (SSSR count). The summed E-state index contributed by atoms with van der Waals surface area (Å²) in [7, 11) is 0. The Kier molecular flexibility index (Phi) is 3.45. The van der Waals surface area contributed by atoms with Crippen molar-refractivity contribution < 1.29 is 4.42 Å². The van der Waals surface area contributed by atoms with Gasteiger partial charge in [0.25, 0.3) is 0 Å². The Morgan fingerprint density at radius 1 is 1.05 bits per heavy atom. The monoisotopic (exact) mass is 328 g/mol. The normalized spacial score (nSPS) is 10.9. The van der Waals surface area contributed by atoms with Gasteiger partial charge in [0.05, 0.1) is 10.7 Å². The molecule has 0 aliphatic heterocycles. The third-order valence-electron chi connectivity index (χ3n) is 3.34. The first kappa shape index (κ1) is 13.1. The predicted molar refractivity (Wildman–Crippen MR) is 85.3 cm³/mol. The molecule has 1 aromatic heterocycles. The van der Waals surface area contributed by atoms with Gasteiger partial charge in [-0.1, -0.05) is 64.0 Å². The van der Waals surface area contributed by atoms with Crippen LogP contribution in [0.25, 0.3) is 21.9 Å². The fraction of sp³-hybridized carbons (Fsp3) is 0.118. The van der Waals surface area contributed by atoms with Gasteiger partial charge in [-0.3, -0.25) is 0 Å². The number of hydrogen-bond acceptors (Lipinski definition) is 2. The zero-order valence-electron chi connectivity index (χ0n) is 11.0. The molecule has 3 heteroatoms. The first-order valence-corrected chi connectivity index (χ1v) is 7.50. The molecule has 3 aromatic rings. The minimum Gasteiger partial charge on any atom is -0.426 e. The Balaban J connectivity index is 2.44. The van der Waals surface area contributed by atoms with E-state index < -0.39 is 0 Å². The van der Waals surface area contributed by atoms with Crippen LogP contribution in [0.5, 0.6) is 0 Å². The highest BCUT2D eigenvalue weighted by Gasteiger charge is 2.14. The van der Waals surface area contributed by atoms with Gasteiger partial charge in [-0.25, -0.2) is 4.79 Å². The molecule has 0 fully saturated rings. The molecule has 0 saturated heterocycles. The fourth-order valence-corrected chi connectivity index (χ4v) is 2.85. The van der Waals surface area contributed by atoms with Crippen LogP contribution in [0.15, 0.2) is 57.7 Å². The molecule has 0 bridgehead atoms. The first-order chi connectivity index (χ1) is 9.70. The molecule has 0 saturated carbocycles. The molecule has 100 valence electrons. The van der Waals surface area contributed by atoms with Gasteiger partial charge in [-0.05, 0) is 18.6 Å². The van der Waals surface area contributed by atoms with Crippen molar-refractivity contribution in [2.75, 3.05) is 0 Å². The first-order valence-electron chi connectivity index (χ1n) is 6.38. The van der Waals surface area contributed by atoms with Crippen molar-refractivity contribution >= 4 is 26.7 Å². The number of aryl methyl sites for hydroxylation is 1. The lowest BCUT2D eigenvalue weighted by Crippen LogP contribution is -2.04. The minimum absolute atomic E-state index is 0.286. The van der Waals surface area contributed by atoms with Crippen LogP contribution in [0.3, 0.4) is 0 Å². The highest BCUT2D eigenvalue weighted by atomic mass is 79.9. The van der Waals surface area contributed by atoms with Gasteiger partial charge in [0.15, 0.2) is 0 Å². The maximum atomic E-state index is 12.0. The summed E-state index contributed by atoms with van der Waals surface area (Å²) in [6.07, 6.45) is 0. The number of halogens is 1. The molecule has 0 radical (unpaired) electrons. The summed E-state index contributed by atoms with van der Waals surface area (Å²) in [5.74, 6) is 0.666. The Morgan fingerprint density at radius 2 is 1.80 bits per heavy atom. The molecule has 0 atom stereocenters. The summed E-state index contributed by atoms with van der Waals surface area (Å²) in [6.45, 7) is 2.05. The minimum atomic E-state index is -0.286. The van der Waals surface area contributed by atoms with Crippen LogP contribution in [0.4, 0.5) is 0 Å². The van der Waals surface area contributed by atoms with Crippen LogP contribution in [0.2, 0.25) is 0 Å². The van der Waals surface area contributed by atoms with Gasteiger partial charge in [0, 0.05) is 10.9 Å². The van der Waals surface area contributed by atoms with E-state index in [1.165, 1.54) is 5.56 Å². The van der Waals surface area contributed by atoms with Gasteiger partial charge < -0.3 is 4.42 Å². The molecule has 0 amide bonds. The molecule has 1 heterocycles. The maximum Gasteiger partial charge on any atom is 0.343 e. The van der Waals surface area contributed by atoms with Crippen molar-refractivity contribution in [2.45, 2.75) is 12.3 Å². The SMILES string of the molecule is Cc1cccc(-c2c(CBr)oc(=O)c3ccccc23)c1. The average molecular weight is 329 g/mol. The van der Waals surface area contributed by atoms with Crippen molar-refractivity contribution in [1.82, 2.24) is 0 Å². The number of hydrogen-bond donors (Lipinski definition) is 0. The molecular weight excluding hydrogens is 316 g/mol. The zero-order chi connectivity index (χ0) is 14.1. The van der Waals surface area contributed by atoms with Crippen LogP contribution < -0.4 is 5.63 Å². The van der Waals surface area contributed by atoms with Gasteiger partial charge in [0.2, 0.25) is 0 Å². The molecule has 0 aliphatic carbocycles. The van der Waals surface area contributed by atoms with Crippen molar-refractivity contribution in [2.24, 2.45) is 0 Å². The lowest BCUT2D eigenvalue weighted by Gasteiger charge is -2.10. The van der Waals surface area contributed by atoms with E-state index in [4.69, 9.17) is 4.42 Å². The second-order valence-electron chi connectivity index (χ2n) is 4.74. The van der Waals surface area contributed by atoms with Crippen LogP contribution in [-0.4, -0.2) is 0 Å². The van der Waals surface area contributed by atoms with Gasteiger partial charge in [-0.2, -0.15) is 0 Å². The lowest BCUT2D eigenvalue weighted by molar-refractivity contribution is 0.488. The second-order valence-corrected chi connectivity index (χ2v) is 5.30. The number of fused-ring (bicyclic) bond motifs is 1. The van der Waals surface area contributed by atoms with E-state index in [0.29, 0.717) is 16.5 Å². The summed E-state index contributed by atoms with van der Waals surface area (Å²) >= 11 is 3.41. The molecule has 2 aromatic carbocycles. The van der Waals surface area contributed by atoms with E-state index in [9.17, 15) is 4.79 Å². The van der Waals surface area contributed by atoms with Crippen LogP contribution in [-0.2, 0) is 5.33 Å². The number of rotatable bonds is 2. The van der Waals surface area contributed by atoms with Gasteiger partial charge >= 0.3 is 5.63 Å². The molecule has 0 spiro atoms. The Morgan fingerprint density at radius 3 is 2.50 bits per heavy atom. The summed E-state index contributed by atoms with van der Waals surface area (Å²) < 4.78 is 5.46. The topological polar surface area (TPSA) is 30.2 Å². The second kappa shape index (κ2) is 5.25. The highest BCUT2D eigenvalue weighted by molar-refractivity contribution is 9.08. The molecule has 0 N–H and O–H groups in total. The molecule has 2 nitrogen and oxygen atoms in total. The van der Waals surface area contributed by atoms with Gasteiger partial charge in [0.1, 0.15) is 5.76 Å². The van der Waals surface area contributed by atoms with Gasteiger partial charge in [-0.15, -0.1) is 0 Å². The van der Waals surface area contributed by atoms with Crippen molar-refractivity contribution in [3.8, 4) is 11.1 Å². The Hall–Kier alpha value is -1.87. The summed E-state index contributed by atoms with van der Waals surface area (Å²) in [5.41, 5.74) is 2.95. The van der Waals surface area contributed by atoms with Crippen LogP contribution >= 0.6 is 15.9 Å². The average Bonchev–Trinajstić information content (AvgIpc) is 2.47. The zero-order valence-corrected chi connectivity index (χ0v) is 12.6. The largest absolute Gasteiger partial charge is 0.426 e. The fourth-order valence-electron chi connectivity index (χ4n) is 2.46. The molecule has 0 unspecified atom stereocenters. The molecule has 0 aliphatic rings. The van der Waals surface area contributed by atoms with Crippen molar-refractivity contribution in [1.29, 1.82) is 0 Å². The Labute approximate surface area is 125 Å². The molecule has 20 heavy (non-hydrogen) atoms. The smallest absolute Gasteiger partial charge is 0.343 e. The van der Waals surface area contributed by atoms with E-state index in [0.717, 1.165) is 16.5 Å². The summed E-state index contributed by atoms with van der Waals surface area (Å²) in [5, 5.41) is 2.06. The number of alkyl halides is 1. The molecular formula is C17H13BrO2. The van der Waals surface area contributed by atoms with E-state index in [1.54, 1.807) is 6.07 Å². The third kappa shape index (κ3) is 2.18. The van der Waals surface area contributed by atoms with Crippen molar-refractivity contribution in [3.63, 3.8) is 0 Å². The maximum absolute atomic E-state index is 12.0. The van der Waals surface area contributed by atoms with Crippen LogP contribution in [0.1, 0.15) is 11.3 Å². The van der Waals surface area contributed by atoms with E-state index >= 15 is 0 Å². The predicted octanol–water partition coefficient (Wildman–Crippen LogP) is 4.66. The summed E-state index contributed by atoms with van der Waals surface area (Å²) in [4.78, 5) is 12.0. The van der Waals surface area contributed by atoms with E-state index in [1.807, 2.05) is 30.3 Å². The quantitative estimate of drug-likeness (QED) is 0.640. The van der Waals surface area contributed by atoms with Crippen LogP contribution in [0, 0.1) is 6.92 Å². The third-order valence-corrected chi connectivity index (χ3v) is 3.85. The lowest BCUT2D eigenvalue weighted by atomic mass is 9.98. The van der Waals surface area contributed by atoms with E-state index in [-0.39, 0.29) is 5.63 Å². The Bertz CT molecular complexity index is 834. The van der Waals surface area contributed by atoms with E-state index in [2.05, 4.69) is 35.0 Å². The standard InChI is InChI=1S/C17H13BrO2/c1-11-5-4-6-12(9-11)16-13-7-2-3-8-14(13)17(19)20-15(16)10-18/h2-9H,10H2,1H3. The highest BCUT2D eigenvalue weighted by Crippen LogP contribution is 2.32. The number of benzene rings is 2. The van der Waals surface area contributed by atoms with Crippen molar-refractivity contribution in [3.05, 3.63) is 70.3 Å².